The van der Waals surface area contributed by atoms with Crippen LogP contribution in [0.4, 0.5) is 11.5 Å². The lowest BCUT2D eigenvalue weighted by atomic mass is 10.4. The molecule has 1 fully saturated rings. The van der Waals surface area contributed by atoms with E-state index in [9.17, 15) is 0 Å². The summed E-state index contributed by atoms with van der Waals surface area (Å²) in [5.41, 5.74) is 6.37. The minimum atomic E-state index is 0.688. The highest BCUT2D eigenvalue weighted by molar-refractivity contribution is 9.10. The molecule has 94 valence electrons. The summed E-state index contributed by atoms with van der Waals surface area (Å²) in [6.45, 7) is 4.58. The molecule has 2 rings (SSSR count). The van der Waals surface area contributed by atoms with E-state index in [1.807, 2.05) is 6.07 Å². The second-order valence-corrected chi connectivity index (χ2v) is 5.40. The predicted octanol–water partition coefficient (Wildman–Crippen LogP) is 1.96. The summed E-state index contributed by atoms with van der Waals surface area (Å²) < 4.78 is 0.960. The van der Waals surface area contributed by atoms with Gasteiger partial charge >= 0.3 is 0 Å². The Kier molecular flexibility index (Phi) is 4.23. The number of nitrogens with two attached hydrogens (primary N) is 1. The predicted molar refractivity (Wildman–Crippen MR) is 75.3 cm³/mol. The summed E-state index contributed by atoms with van der Waals surface area (Å²) in [5, 5.41) is 0. The van der Waals surface area contributed by atoms with Crippen molar-refractivity contribution < 1.29 is 0 Å². The van der Waals surface area contributed by atoms with Gasteiger partial charge < -0.3 is 15.5 Å². The standard InChI is InChI=1S/C12H19BrN4/c1-16(6-7-17-4-2-3-5-17)12-11(13)8-10(14)9-15-12/h8-9H,2-7,14H2,1H3. The summed E-state index contributed by atoms with van der Waals surface area (Å²) in [5.74, 6) is 0.957. The Morgan fingerprint density at radius 1 is 1.47 bits per heavy atom. The third-order valence-electron chi connectivity index (χ3n) is 3.15. The maximum absolute atomic E-state index is 5.68. The maximum atomic E-state index is 5.68. The van der Waals surface area contributed by atoms with Crippen molar-refractivity contribution in [1.82, 2.24) is 9.88 Å². The van der Waals surface area contributed by atoms with Gasteiger partial charge in [0.05, 0.1) is 16.4 Å². The van der Waals surface area contributed by atoms with Crippen molar-refractivity contribution in [1.29, 1.82) is 0 Å². The Morgan fingerprint density at radius 3 is 2.82 bits per heavy atom. The van der Waals surface area contributed by atoms with Gasteiger partial charge in [0.15, 0.2) is 0 Å². The van der Waals surface area contributed by atoms with Crippen LogP contribution in [0.5, 0.6) is 0 Å². The summed E-state index contributed by atoms with van der Waals surface area (Å²) in [4.78, 5) is 9.03. The van der Waals surface area contributed by atoms with Crippen LogP contribution in [-0.4, -0.2) is 43.1 Å². The van der Waals surface area contributed by atoms with Crippen molar-refractivity contribution >= 4 is 27.4 Å². The first-order chi connectivity index (χ1) is 8.16. The van der Waals surface area contributed by atoms with E-state index >= 15 is 0 Å². The number of rotatable bonds is 4. The van der Waals surface area contributed by atoms with Gasteiger partial charge in [-0.15, -0.1) is 0 Å². The Balaban J connectivity index is 1.91. The van der Waals surface area contributed by atoms with Crippen LogP contribution in [0.3, 0.4) is 0 Å². The van der Waals surface area contributed by atoms with Crippen molar-refractivity contribution in [3.63, 3.8) is 0 Å². The second-order valence-electron chi connectivity index (χ2n) is 4.54. The van der Waals surface area contributed by atoms with E-state index < -0.39 is 0 Å². The zero-order chi connectivity index (χ0) is 12.3. The number of hydrogen-bond acceptors (Lipinski definition) is 4. The molecule has 0 spiro atoms. The maximum Gasteiger partial charge on any atom is 0.142 e. The molecule has 0 unspecified atom stereocenters. The van der Waals surface area contributed by atoms with E-state index in [4.69, 9.17) is 5.73 Å². The Morgan fingerprint density at radius 2 is 2.18 bits per heavy atom. The molecule has 1 aromatic heterocycles. The molecule has 0 aliphatic carbocycles. The lowest BCUT2D eigenvalue weighted by Crippen LogP contribution is -2.31. The van der Waals surface area contributed by atoms with E-state index in [1.165, 1.54) is 25.9 Å². The minimum absolute atomic E-state index is 0.688. The third kappa shape index (κ3) is 3.33. The number of hydrogen-bond donors (Lipinski definition) is 1. The van der Waals surface area contributed by atoms with E-state index in [1.54, 1.807) is 6.20 Å². The molecule has 4 nitrogen and oxygen atoms in total. The molecule has 0 amide bonds. The van der Waals surface area contributed by atoms with E-state index in [-0.39, 0.29) is 0 Å². The zero-order valence-electron chi connectivity index (χ0n) is 10.2. The first kappa shape index (κ1) is 12.6. The topological polar surface area (TPSA) is 45.4 Å². The molecule has 1 aliphatic rings. The van der Waals surface area contributed by atoms with Crippen molar-refractivity contribution in [2.24, 2.45) is 0 Å². The zero-order valence-corrected chi connectivity index (χ0v) is 11.8. The van der Waals surface area contributed by atoms with E-state index in [0.717, 1.165) is 23.4 Å². The Labute approximate surface area is 111 Å². The molecule has 0 aromatic carbocycles. The van der Waals surface area contributed by atoms with Gasteiger partial charge in [0.1, 0.15) is 5.82 Å². The van der Waals surface area contributed by atoms with Gasteiger partial charge in [-0.05, 0) is 47.9 Å². The van der Waals surface area contributed by atoms with Crippen LogP contribution in [0.2, 0.25) is 0 Å². The molecular formula is C12H19BrN4. The Bertz CT molecular complexity index is 377. The molecule has 0 atom stereocenters. The molecule has 5 heteroatoms. The summed E-state index contributed by atoms with van der Waals surface area (Å²) in [6.07, 6.45) is 4.38. The Hall–Kier alpha value is -0.810. The van der Waals surface area contributed by atoms with Gasteiger partial charge in [-0.1, -0.05) is 0 Å². The monoisotopic (exact) mass is 298 g/mol. The van der Waals surface area contributed by atoms with E-state index in [2.05, 4.69) is 37.8 Å². The van der Waals surface area contributed by atoms with Gasteiger partial charge in [-0.25, -0.2) is 4.98 Å². The third-order valence-corrected chi connectivity index (χ3v) is 3.74. The highest BCUT2D eigenvalue weighted by Gasteiger charge is 2.13. The first-order valence-corrected chi connectivity index (χ1v) is 6.80. The van der Waals surface area contributed by atoms with Crippen molar-refractivity contribution in [3.05, 3.63) is 16.7 Å². The molecular weight excluding hydrogens is 280 g/mol. The number of aromatic nitrogens is 1. The molecule has 0 radical (unpaired) electrons. The molecule has 2 N–H and O–H groups in total. The van der Waals surface area contributed by atoms with Crippen LogP contribution < -0.4 is 10.6 Å². The molecule has 1 saturated heterocycles. The number of nitrogen functional groups attached to an aromatic ring is 1. The second kappa shape index (κ2) is 5.69. The number of halogens is 1. The molecule has 1 aromatic rings. The number of likely N-dealkylation sites (tertiary alicyclic amines) is 1. The number of pyridine rings is 1. The summed E-state index contributed by atoms with van der Waals surface area (Å²) >= 11 is 3.50. The number of likely N-dealkylation sites (N-methyl/N-ethyl adjacent to an activating group) is 1. The molecule has 1 aliphatic heterocycles. The van der Waals surface area contributed by atoms with Crippen LogP contribution in [0.1, 0.15) is 12.8 Å². The lowest BCUT2D eigenvalue weighted by Gasteiger charge is -2.23. The van der Waals surface area contributed by atoms with Crippen LogP contribution in [0.25, 0.3) is 0 Å². The SMILES string of the molecule is CN(CCN1CCCC1)c1ncc(N)cc1Br. The number of anilines is 2. The van der Waals surface area contributed by atoms with Gasteiger partial charge in [-0.2, -0.15) is 0 Å². The first-order valence-electron chi connectivity index (χ1n) is 6.01. The highest BCUT2D eigenvalue weighted by Crippen LogP contribution is 2.24. The normalized spacial score (nSPS) is 16.4. The van der Waals surface area contributed by atoms with Crippen LogP contribution >= 0.6 is 15.9 Å². The smallest absolute Gasteiger partial charge is 0.142 e. The summed E-state index contributed by atoms with van der Waals surface area (Å²) in [7, 11) is 2.07. The average Bonchev–Trinajstić information content (AvgIpc) is 2.78. The quantitative estimate of drug-likeness (QED) is 0.923. The average molecular weight is 299 g/mol. The van der Waals surface area contributed by atoms with Crippen LogP contribution in [0, 0.1) is 0 Å². The molecule has 2 heterocycles. The fraction of sp³-hybridized carbons (Fsp3) is 0.583. The van der Waals surface area contributed by atoms with Gasteiger partial charge in [0.2, 0.25) is 0 Å². The van der Waals surface area contributed by atoms with Crippen molar-refractivity contribution in [2.75, 3.05) is 43.9 Å². The van der Waals surface area contributed by atoms with Crippen LogP contribution in [0.15, 0.2) is 16.7 Å². The fourth-order valence-corrected chi connectivity index (χ4v) is 2.80. The largest absolute Gasteiger partial charge is 0.397 e. The van der Waals surface area contributed by atoms with Gasteiger partial charge in [0, 0.05) is 20.1 Å². The number of nitrogens with zero attached hydrogens (tertiary/aromatic N) is 3. The minimum Gasteiger partial charge on any atom is -0.397 e. The molecule has 17 heavy (non-hydrogen) atoms. The summed E-state index contributed by atoms with van der Waals surface area (Å²) in [6, 6.07) is 1.90. The molecule has 0 bridgehead atoms. The highest BCUT2D eigenvalue weighted by atomic mass is 79.9. The molecule has 0 saturated carbocycles. The van der Waals surface area contributed by atoms with Crippen molar-refractivity contribution in [3.8, 4) is 0 Å². The van der Waals surface area contributed by atoms with E-state index in [0.29, 0.717) is 5.69 Å². The lowest BCUT2D eigenvalue weighted by molar-refractivity contribution is 0.346. The fourth-order valence-electron chi connectivity index (χ4n) is 2.13. The van der Waals surface area contributed by atoms with Crippen LogP contribution in [-0.2, 0) is 0 Å². The van der Waals surface area contributed by atoms with Gasteiger partial charge in [0.25, 0.3) is 0 Å². The van der Waals surface area contributed by atoms with Crippen molar-refractivity contribution in [2.45, 2.75) is 12.8 Å². The van der Waals surface area contributed by atoms with Gasteiger partial charge in [-0.3, -0.25) is 0 Å².